The van der Waals surface area contributed by atoms with Gasteiger partial charge >= 0.3 is 40.5 Å². The lowest BCUT2D eigenvalue weighted by molar-refractivity contribution is 0.178. The number of phenols is 4. The molecular formula is C59H70N2O16S4. The zero-order valence-corrected chi connectivity index (χ0v) is 50.1. The minimum atomic E-state index is -4.39. The quantitative estimate of drug-likeness (QED) is 0.0830. The van der Waals surface area contributed by atoms with Gasteiger partial charge in [-0.3, -0.25) is 9.80 Å². The Morgan fingerprint density at radius 1 is 0.395 bits per heavy atom. The van der Waals surface area contributed by atoms with Gasteiger partial charge in [-0.1, -0.05) is 94.8 Å². The monoisotopic (exact) mass is 1190 g/mol. The molecule has 0 spiro atoms. The Morgan fingerprint density at radius 2 is 0.642 bits per heavy atom. The summed E-state index contributed by atoms with van der Waals surface area (Å²) in [7, 11) is -17.6. The van der Waals surface area contributed by atoms with Gasteiger partial charge in [0.2, 0.25) is 0 Å². The molecule has 0 aromatic heterocycles. The minimum absolute atomic E-state index is 0.0483. The normalized spacial score (nSPS) is 19.5. The summed E-state index contributed by atoms with van der Waals surface area (Å²) >= 11 is 0. The largest absolute Gasteiger partial charge is 0.507 e. The average molecular weight is 1190 g/mol. The first-order valence-electron chi connectivity index (χ1n) is 26.5. The van der Waals surface area contributed by atoms with Crippen molar-refractivity contribution in [3.8, 4) is 46.0 Å². The van der Waals surface area contributed by atoms with Crippen molar-refractivity contribution in [2.45, 2.75) is 110 Å². The molecule has 6 atom stereocenters. The number of phenolic OH excluding ortho intramolecular Hbond substituents is 4. The summed E-state index contributed by atoms with van der Waals surface area (Å²) in [5.74, 6) is -7.43. The summed E-state index contributed by atoms with van der Waals surface area (Å²) in [6.07, 6.45) is 5.19. The van der Waals surface area contributed by atoms with Crippen molar-refractivity contribution in [2.24, 2.45) is 0 Å². The van der Waals surface area contributed by atoms with Crippen molar-refractivity contribution < 1.29 is 70.8 Å². The van der Waals surface area contributed by atoms with E-state index in [1.807, 2.05) is 74.5 Å². The van der Waals surface area contributed by atoms with Crippen molar-refractivity contribution in [3.05, 3.63) is 164 Å². The van der Waals surface area contributed by atoms with Crippen LogP contribution in [0.1, 0.15) is 163 Å². The third-order valence-electron chi connectivity index (χ3n) is 15.6. The van der Waals surface area contributed by atoms with E-state index < -0.39 is 64.1 Å². The fourth-order valence-electron chi connectivity index (χ4n) is 11.2. The standard InChI is InChI=1S/C59H70N2O16S4/c1-34-42-26-43(53(75-79(8,68)69)30-52(42)74-78(7,66)67)35(2)48-29-49-37(4)45-27-44(54(76-80(9,70)71)31-55(45)77-81(10,72)73)36(3)47-28-46(34)56(62)50(57(47)63)32-60(38(5)40-20-14-11-15-21-40)24-18-13-19-25-61(33-51(58(48)64)59(49)65)39(6)41-22-16-12-17-23-41/h11-12,14-17,20-23,26-31,34-39,62-65H,13,18-19,24-25,32-33H2,1-10H3/t34?,35?,36?,37?,38-,39-/m1/s1. The molecule has 22 heteroatoms. The lowest BCUT2D eigenvalue weighted by Crippen LogP contribution is -2.29. The van der Waals surface area contributed by atoms with Gasteiger partial charge in [0.15, 0.2) is 0 Å². The maximum atomic E-state index is 13.2. The van der Waals surface area contributed by atoms with Gasteiger partial charge in [0.25, 0.3) is 0 Å². The van der Waals surface area contributed by atoms with Crippen LogP contribution >= 0.6 is 0 Å². The molecule has 81 heavy (non-hydrogen) atoms. The molecule has 18 nitrogen and oxygen atoms in total. The van der Waals surface area contributed by atoms with E-state index in [0.29, 0.717) is 32.4 Å². The van der Waals surface area contributed by atoms with E-state index in [0.717, 1.165) is 48.3 Å². The molecule has 1 aliphatic carbocycles. The van der Waals surface area contributed by atoms with Crippen LogP contribution in [-0.4, -0.2) is 102 Å². The van der Waals surface area contributed by atoms with E-state index in [-0.39, 0.29) is 127 Å². The SMILES string of the molecule is CC1c2cc(c(OS(C)(=O)=O)cc2OS(C)(=O)=O)C(C)c2cc3c(O)c(c2O)CN([C@H](C)c2ccccc2)CCCCCN([C@H](C)c2ccccc2)Cc2c(O)c1cc(c2O)C(C)c1cc(c(OS(C)(=O)=O)cc1OS(C)(=O)=O)C3C. The van der Waals surface area contributed by atoms with E-state index in [1.54, 1.807) is 27.7 Å². The molecule has 2 heterocycles. The van der Waals surface area contributed by atoms with Gasteiger partial charge in [-0.15, -0.1) is 0 Å². The second-order valence-electron chi connectivity index (χ2n) is 21.5. The van der Waals surface area contributed by atoms with E-state index in [4.69, 9.17) is 16.7 Å². The molecule has 2 aliphatic heterocycles. The molecule has 0 saturated heterocycles. The van der Waals surface area contributed by atoms with Crippen LogP contribution in [0.25, 0.3) is 0 Å². The Bertz CT molecular complexity index is 3400. The zero-order valence-electron chi connectivity index (χ0n) is 46.9. The number of benzene rings is 6. The highest BCUT2D eigenvalue weighted by atomic mass is 32.2. The zero-order chi connectivity index (χ0) is 59.3. The molecule has 9 rings (SSSR count). The van der Waals surface area contributed by atoms with Crippen molar-refractivity contribution in [3.63, 3.8) is 0 Å². The van der Waals surface area contributed by atoms with Gasteiger partial charge < -0.3 is 37.2 Å². The van der Waals surface area contributed by atoms with Gasteiger partial charge in [0.05, 0.1) is 36.1 Å². The fourth-order valence-corrected chi connectivity index (χ4v) is 13.1. The number of rotatable bonds is 12. The van der Waals surface area contributed by atoms with Crippen LogP contribution in [0.2, 0.25) is 0 Å². The molecular weight excluding hydrogens is 1120 g/mol. The van der Waals surface area contributed by atoms with Crippen LogP contribution in [0.5, 0.6) is 46.0 Å². The van der Waals surface area contributed by atoms with Crippen LogP contribution in [0.4, 0.5) is 0 Å². The second-order valence-corrected chi connectivity index (χ2v) is 27.8. The molecule has 436 valence electrons. The maximum absolute atomic E-state index is 13.2. The van der Waals surface area contributed by atoms with Crippen molar-refractivity contribution in [2.75, 3.05) is 38.1 Å². The molecule has 6 aromatic rings. The highest BCUT2D eigenvalue weighted by molar-refractivity contribution is 7.87. The third-order valence-corrected chi connectivity index (χ3v) is 17.5. The Morgan fingerprint density at radius 3 is 0.889 bits per heavy atom. The first-order chi connectivity index (χ1) is 37.8. The van der Waals surface area contributed by atoms with Gasteiger partial charge in [-0.2, -0.15) is 33.7 Å². The third kappa shape index (κ3) is 13.7. The van der Waals surface area contributed by atoms with E-state index >= 15 is 0 Å². The first kappa shape index (κ1) is 60.5. The van der Waals surface area contributed by atoms with Gasteiger partial charge in [-0.05, 0) is 75.2 Å². The Labute approximate surface area is 476 Å². The van der Waals surface area contributed by atoms with E-state index in [1.165, 1.54) is 24.3 Å². The van der Waals surface area contributed by atoms with Crippen LogP contribution in [0, 0.1) is 0 Å². The summed E-state index contributed by atoms with van der Waals surface area (Å²) in [5.41, 5.74) is 2.79. The maximum Gasteiger partial charge on any atom is 0.306 e. The second kappa shape index (κ2) is 23.4. The lowest BCUT2D eigenvalue weighted by atomic mass is 9.79. The van der Waals surface area contributed by atoms with E-state index in [2.05, 4.69) is 9.80 Å². The molecule has 4 unspecified atom stereocenters. The molecule has 10 bridgehead atoms. The van der Waals surface area contributed by atoms with Crippen LogP contribution in [0.3, 0.4) is 0 Å². The van der Waals surface area contributed by atoms with Gasteiger partial charge in [0, 0.05) is 105 Å². The summed E-state index contributed by atoms with van der Waals surface area (Å²) < 4.78 is 128. The Balaban J connectivity index is 1.58. The molecule has 0 radical (unpaired) electrons. The minimum Gasteiger partial charge on any atom is -0.507 e. The highest BCUT2D eigenvalue weighted by Gasteiger charge is 2.36. The van der Waals surface area contributed by atoms with Crippen molar-refractivity contribution >= 4 is 40.5 Å². The summed E-state index contributed by atoms with van der Waals surface area (Å²) in [6.45, 7) is 11.4. The predicted molar refractivity (Wildman–Crippen MR) is 309 cm³/mol. The molecule has 6 aromatic carbocycles. The summed E-state index contributed by atoms with van der Waals surface area (Å²) in [6, 6.07) is 26.9. The van der Waals surface area contributed by atoms with Crippen LogP contribution in [0.15, 0.2) is 97.1 Å². The number of fused-ring (bicyclic) bond motifs is 8. The van der Waals surface area contributed by atoms with Crippen LogP contribution in [-0.2, 0) is 53.6 Å². The predicted octanol–water partition coefficient (Wildman–Crippen LogP) is 10.1. The highest BCUT2D eigenvalue weighted by Crippen LogP contribution is 2.53. The van der Waals surface area contributed by atoms with E-state index in [9.17, 15) is 54.1 Å². The topological polar surface area (TPSA) is 261 Å². The fraction of sp³-hybridized carbons (Fsp3) is 0.390. The molecule has 3 aliphatic rings. The first-order valence-corrected chi connectivity index (χ1v) is 33.7. The molecule has 0 fully saturated rings. The molecule has 0 amide bonds. The molecule has 0 saturated carbocycles. The Hall–Kier alpha value is -6.56. The summed E-state index contributed by atoms with van der Waals surface area (Å²) in [4.78, 5) is 4.23. The number of nitrogens with zero attached hydrogens (tertiary/aromatic N) is 2. The lowest BCUT2D eigenvalue weighted by Gasteiger charge is -2.33. The average Bonchev–Trinajstić information content (AvgIpc) is 3.46. The van der Waals surface area contributed by atoms with Crippen molar-refractivity contribution in [1.29, 1.82) is 0 Å². The van der Waals surface area contributed by atoms with Crippen LogP contribution < -0.4 is 16.7 Å². The number of aromatic hydroxyl groups is 4. The van der Waals surface area contributed by atoms with Crippen molar-refractivity contribution in [1.82, 2.24) is 9.80 Å². The number of hydrogen-bond donors (Lipinski definition) is 4. The number of hydrogen-bond acceptors (Lipinski definition) is 18. The Kier molecular flexibility index (Phi) is 17.5. The van der Waals surface area contributed by atoms with Gasteiger partial charge in [-0.25, -0.2) is 0 Å². The molecule has 4 N–H and O–H groups in total. The summed E-state index contributed by atoms with van der Waals surface area (Å²) in [5, 5.41) is 51.6. The van der Waals surface area contributed by atoms with Gasteiger partial charge in [0.1, 0.15) is 46.0 Å². The smallest absolute Gasteiger partial charge is 0.306 e.